The van der Waals surface area contributed by atoms with Crippen molar-refractivity contribution < 1.29 is 13.9 Å². The molecule has 0 saturated heterocycles. The molecule has 1 aliphatic rings. The van der Waals surface area contributed by atoms with Crippen LogP contribution >= 0.6 is 0 Å². The molecule has 0 saturated carbocycles. The summed E-state index contributed by atoms with van der Waals surface area (Å²) in [7, 11) is 0. The van der Waals surface area contributed by atoms with Crippen LogP contribution in [-0.2, 0) is 24.2 Å². The number of hydrogen-bond donors (Lipinski definition) is 1. The van der Waals surface area contributed by atoms with Gasteiger partial charge in [0.05, 0.1) is 12.2 Å². The summed E-state index contributed by atoms with van der Waals surface area (Å²) in [6.45, 7) is 3.30. The molecule has 1 amide bonds. The highest BCUT2D eigenvalue weighted by atomic mass is 19.1. The molecule has 2 heterocycles. The van der Waals surface area contributed by atoms with E-state index < -0.39 is 0 Å². The van der Waals surface area contributed by atoms with E-state index in [4.69, 9.17) is 4.74 Å². The second-order valence-corrected chi connectivity index (χ2v) is 7.69. The average Bonchev–Trinajstić information content (AvgIpc) is 3.02. The number of rotatable bonds is 7. The molecule has 0 bridgehead atoms. The van der Waals surface area contributed by atoms with Gasteiger partial charge >= 0.3 is 0 Å². The second-order valence-electron chi connectivity index (χ2n) is 7.69. The van der Waals surface area contributed by atoms with E-state index >= 15 is 0 Å². The summed E-state index contributed by atoms with van der Waals surface area (Å²) in [5.74, 6) is 1.71. The van der Waals surface area contributed by atoms with E-state index in [-0.39, 0.29) is 11.7 Å². The van der Waals surface area contributed by atoms with Crippen molar-refractivity contribution in [2.45, 2.75) is 52.0 Å². The number of nitrogens with one attached hydrogen (secondary N) is 1. The van der Waals surface area contributed by atoms with E-state index in [1.165, 1.54) is 6.07 Å². The van der Waals surface area contributed by atoms with Gasteiger partial charge in [-0.15, -0.1) is 10.2 Å². The first kappa shape index (κ1) is 21.0. The number of nitrogens with zero attached hydrogens (tertiary/aromatic N) is 3. The molecule has 0 aliphatic carbocycles. The zero-order chi connectivity index (χ0) is 21.6. The standard InChI is InChI=1S/C24H27FN4O2/c1-2-31-21-9-6-5-8-17(21)11-14-23(30)26-18-12-13-20(25)19(16-18)24-28-27-22-10-4-3-7-15-29(22)24/h5-6,8-9,12-13,16H,2-4,7,10-11,14-15H2,1H3,(H,26,30). The van der Waals surface area contributed by atoms with Crippen molar-refractivity contribution in [1.82, 2.24) is 14.8 Å². The van der Waals surface area contributed by atoms with E-state index in [1.54, 1.807) is 12.1 Å². The first-order chi connectivity index (χ1) is 15.2. The zero-order valence-electron chi connectivity index (χ0n) is 17.7. The minimum absolute atomic E-state index is 0.135. The van der Waals surface area contributed by atoms with Gasteiger partial charge in [-0.05, 0) is 56.0 Å². The summed E-state index contributed by atoms with van der Waals surface area (Å²) in [6.07, 6.45) is 4.95. The SMILES string of the molecule is CCOc1ccccc1CCC(=O)Nc1ccc(F)c(-c2nnc3n2CCCCC3)c1. The lowest BCUT2D eigenvalue weighted by Gasteiger charge is -2.12. The zero-order valence-corrected chi connectivity index (χ0v) is 17.7. The number of ether oxygens (including phenoxy) is 1. The molecule has 162 valence electrons. The van der Waals surface area contributed by atoms with Gasteiger partial charge in [0.15, 0.2) is 5.82 Å². The maximum Gasteiger partial charge on any atom is 0.224 e. The maximum atomic E-state index is 14.6. The Bertz CT molecular complexity index is 1060. The number of halogens is 1. The number of carbonyl (C=O) groups is 1. The second kappa shape index (κ2) is 9.73. The van der Waals surface area contributed by atoms with Gasteiger partial charge in [0.2, 0.25) is 5.91 Å². The fourth-order valence-electron chi connectivity index (χ4n) is 3.94. The van der Waals surface area contributed by atoms with Gasteiger partial charge in [0.25, 0.3) is 0 Å². The number of anilines is 1. The molecule has 0 radical (unpaired) electrons. The predicted octanol–water partition coefficient (Wildman–Crippen LogP) is 4.78. The molecule has 0 unspecified atom stereocenters. The molecular weight excluding hydrogens is 395 g/mol. The maximum absolute atomic E-state index is 14.6. The van der Waals surface area contributed by atoms with Crippen LogP contribution in [0, 0.1) is 5.82 Å². The number of hydrogen-bond acceptors (Lipinski definition) is 4. The summed E-state index contributed by atoms with van der Waals surface area (Å²) >= 11 is 0. The van der Waals surface area contributed by atoms with Crippen molar-refractivity contribution in [3.8, 4) is 17.1 Å². The topological polar surface area (TPSA) is 69.0 Å². The Hall–Kier alpha value is -3.22. The summed E-state index contributed by atoms with van der Waals surface area (Å²) in [4.78, 5) is 12.5. The number of benzene rings is 2. The van der Waals surface area contributed by atoms with Crippen LogP contribution in [0.5, 0.6) is 5.75 Å². The van der Waals surface area contributed by atoms with Crippen molar-refractivity contribution in [3.63, 3.8) is 0 Å². The Morgan fingerprint density at radius 2 is 2.03 bits per heavy atom. The van der Waals surface area contributed by atoms with Gasteiger partial charge in [0, 0.05) is 25.1 Å². The third-order valence-corrected chi connectivity index (χ3v) is 5.49. The Morgan fingerprint density at radius 1 is 1.16 bits per heavy atom. The fourth-order valence-corrected chi connectivity index (χ4v) is 3.94. The predicted molar refractivity (Wildman–Crippen MR) is 118 cm³/mol. The Kier molecular flexibility index (Phi) is 6.60. The molecule has 6 nitrogen and oxygen atoms in total. The van der Waals surface area contributed by atoms with Gasteiger partial charge in [-0.3, -0.25) is 4.79 Å². The first-order valence-corrected chi connectivity index (χ1v) is 10.9. The van der Waals surface area contributed by atoms with Crippen LogP contribution in [-0.4, -0.2) is 27.3 Å². The molecule has 1 N–H and O–H groups in total. The molecule has 31 heavy (non-hydrogen) atoms. The highest BCUT2D eigenvalue weighted by molar-refractivity contribution is 5.91. The normalized spacial score (nSPS) is 13.4. The molecule has 4 rings (SSSR count). The highest BCUT2D eigenvalue weighted by Gasteiger charge is 2.19. The molecule has 0 atom stereocenters. The van der Waals surface area contributed by atoms with E-state index in [9.17, 15) is 9.18 Å². The van der Waals surface area contributed by atoms with Crippen molar-refractivity contribution in [2.75, 3.05) is 11.9 Å². The highest BCUT2D eigenvalue weighted by Crippen LogP contribution is 2.28. The minimum atomic E-state index is -0.372. The van der Waals surface area contributed by atoms with Gasteiger partial charge in [-0.25, -0.2) is 4.39 Å². The quantitative estimate of drug-likeness (QED) is 0.595. The molecule has 0 fully saturated rings. The van der Waals surface area contributed by atoms with Crippen molar-refractivity contribution in [2.24, 2.45) is 0 Å². The molecule has 2 aromatic carbocycles. The van der Waals surface area contributed by atoms with Gasteiger partial charge in [0.1, 0.15) is 17.4 Å². The Balaban J connectivity index is 1.47. The number of amides is 1. The molecule has 1 aliphatic heterocycles. The molecule has 3 aromatic rings. The Morgan fingerprint density at radius 3 is 2.90 bits per heavy atom. The van der Waals surface area contributed by atoms with Gasteiger partial charge in [-0.2, -0.15) is 0 Å². The van der Waals surface area contributed by atoms with E-state index in [0.29, 0.717) is 36.5 Å². The van der Waals surface area contributed by atoms with Crippen LogP contribution in [0.3, 0.4) is 0 Å². The molecule has 0 spiro atoms. The lowest BCUT2D eigenvalue weighted by atomic mass is 10.1. The molecular formula is C24H27FN4O2. The number of carbonyl (C=O) groups excluding carboxylic acids is 1. The minimum Gasteiger partial charge on any atom is -0.494 e. The largest absolute Gasteiger partial charge is 0.494 e. The lowest BCUT2D eigenvalue weighted by Crippen LogP contribution is -2.13. The number of fused-ring (bicyclic) bond motifs is 1. The summed E-state index contributed by atoms with van der Waals surface area (Å²) in [5.41, 5.74) is 1.90. The van der Waals surface area contributed by atoms with Crippen molar-refractivity contribution in [3.05, 3.63) is 59.7 Å². The summed E-state index contributed by atoms with van der Waals surface area (Å²) < 4.78 is 22.2. The van der Waals surface area contributed by atoms with Crippen LogP contribution < -0.4 is 10.1 Å². The number of aromatic nitrogens is 3. The first-order valence-electron chi connectivity index (χ1n) is 10.9. The van der Waals surface area contributed by atoms with Gasteiger partial charge < -0.3 is 14.6 Å². The third kappa shape index (κ3) is 4.93. The van der Waals surface area contributed by atoms with E-state index in [1.807, 2.05) is 35.8 Å². The van der Waals surface area contributed by atoms with Crippen LogP contribution in [0.4, 0.5) is 10.1 Å². The fraction of sp³-hybridized carbons (Fsp3) is 0.375. The number of aryl methyl sites for hydroxylation is 2. The smallest absolute Gasteiger partial charge is 0.224 e. The van der Waals surface area contributed by atoms with E-state index in [2.05, 4.69) is 15.5 Å². The van der Waals surface area contributed by atoms with Crippen molar-refractivity contribution in [1.29, 1.82) is 0 Å². The lowest BCUT2D eigenvalue weighted by molar-refractivity contribution is -0.116. The molecule has 1 aromatic heterocycles. The monoisotopic (exact) mass is 422 g/mol. The molecule has 7 heteroatoms. The van der Waals surface area contributed by atoms with Crippen LogP contribution in [0.1, 0.15) is 44.0 Å². The third-order valence-electron chi connectivity index (χ3n) is 5.49. The average molecular weight is 423 g/mol. The number of para-hydroxylation sites is 1. The van der Waals surface area contributed by atoms with E-state index in [0.717, 1.165) is 49.4 Å². The van der Waals surface area contributed by atoms with Crippen LogP contribution in [0.2, 0.25) is 0 Å². The summed E-state index contributed by atoms with van der Waals surface area (Å²) in [6, 6.07) is 12.3. The van der Waals surface area contributed by atoms with Crippen LogP contribution in [0.25, 0.3) is 11.4 Å². The van der Waals surface area contributed by atoms with Crippen molar-refractivity contribution >= 4 is 11.6 Å². The summed E-state index contributed by atoms with van der Waals surface area (Å²) in [5, 5.41) is 11.4. The van der Waals surface area contributed by atoms with Gasteiger partial charge in [-0.1, -0.05) is 24.6 Å². The van der Waals surface area contributed by atoms with Crippen LogP contribution in [0.15, 0.2) is 42.5 Å². The Labute approximate surface area is 181 Å².